The van der Waals surface area contributed by atoms with Crippen LogP contribution in [0.3, 0.4) is 0 Å². The van der Waals surface area contributed by atoms with Gasteiger partial charge in [-0.15, -0.1) is 0 Å². The van der Waals surface area contributed by atoms with Gasteiger partial charge >= 0.3 is 0 Å². The van der Waals surface area contributed by atoms with Crippen molar-refractivity contribution in [2.75, 3.05) is 9.80 Å². The maximum atomic E-state index is 12.8. The summed E-state index contributed by atoms with van der Waals surface area (Å²) in [5.41, 5.74) is 4.15. The molecule has 1 unspecified atom stereocenters. The zero-order valence-electron chi connectivity index (χ0n) is 14.9. The monoisotopic (exact) mass is 373 g/mol. The second-order valence-corrected chi connectivity index (χ2v) is 6.90. The summed E-state index contributed by atoms with van der Waals surface area (Å²) in [5.74, 6) is -0.00735. The first-order valence-corrected chi connectivity index (χ1v) is 9.26. The zero-order chi connectivity index (χ0) is 18.8. The molecule has 4 nitrogen and oxygen atoms in total. The minimum absolute atomic E-state index is 0.00735. The molecule has 0 bridgehead atoms. The summed E-state index contributed by atoms with van der Waals surface area (Å²) < 4.78 is 0. The molecule has 1 aromatic heterocycles. The van der Waals surface area contributed by atoms with E-state index in [9.17, 15) is 4.79 Å². The summed E-state index contributed by atoms with van der Waals surface area (Å²) >= 11 is 5.64. The fraction of sp³-hybridized carbons (Fsp3) is 0.136. The van der Waals surface area contributed by atoms with Crippen LogP contribution in [0, 0.1) is 0 Å². The molecule has 1 amide bonds. The van der Waals surface area contributed by atoms with Gasteiger partial charge in [-0.3, -0.25) is 14.7 Å². The Morgan fingerprint density at radius 3 is 2.19 bits per heavy atom. The third kappa shape index (κ3) is 3.34. The molecule has 5 heteroatoms. The number of amides is 1. The Bertz CT molecular complexity index is 958. The van der Waals surface area contributed by atoms with Crippen LogP contribution in [0.2, 0.25) is 0 Å². The normalized spacial score (nSPS) is 16.9. The average molecular weight is 373 g/mol. The highest BCUT2D eigenvalue weighted by Gasteiger charge is 2.41. The number of carbonyl (C=O) groups excluding carboxylic acids is 1. The molecule has 0 radical (unpaired) electrons. The Hall–Kier alpha value is -3.05. The number of para-hydroxylation sites is 1. The van der Waals surface area contributed by atoms with Gasteiger partial charge in [0.15, 0.2) is 5.11 Å². The number of aromatic nitrogens is 1. The fourth-order valence-electron chi connectivity index (χ4n) is 3.32. The Morgan fingerprint density at radius 1 is 0.889 bits per heavy atom. The minimum Gasteiger partial charge on any atom is -0.306 e. The van der Waals surface area contributed by atoms with Gasteiger partial charge in [-0.1, -0.05) is 30.3 Å². The molecular formula is C22H19N3OS. The summed E-state index contributed by atoms with van der Waals surface area (Å²) in [4.78, 5) is 20.4. The van der Waals surface area contributed by atoms with E-state index >= 15 is 0 Å². The van der Waals surface area contributed by atoms with Crippen LogP contribution in [0.4, 0.5) is 11.4 Å². The van der Waals surface area contributed by atoms with Crippen LogP contribution < -0.4 is 9.80 Å². The number of pyridine rings is 1. The zero-order valence-corrected chi connectivity index (χ0v) is 15.8. The standard InChI is InChI=1S/C22H19N3OS/c1-16-21(26)25(19-5-3-2-4-6-19)22(27)24(16)20-9-7-17(8-10-20)15-18-11-13-23-14-12-18/h2-14,16H,15H2,1H3. The largest absolute Gasteiger partial charge is 0.306 e. The number of hydrogen-bond acceptors (Lipinski definition) is 3. The predicted molar refractivity (Wildman–Crippen MR) is 112 cm³/mol. The maximum absolute atomic E-state index is 12.8. The number of rotatable bonds is 4. The third-order valence-corrected chi connectivity index (χ3v) is 5.13. The van der Waals surface area contributed by atoms with Crippen molar-refractivity contribution in [1.29, 1.82) is 0 Å². The lowest BCUT2D eigenvalue weighted by Gasteiger charge is -2.22. The van der Waals surface area contributed by atoms with Gasteiger partial charge in [0.1, 0.15) is 6.04 Å². The van der Waals surface area contributed by atoms with Crippen molar-refractivity contribution < 1.29 is 4.79 Å². The Kier molecular flexibility index (Phi) is 4.69. The van der Waals surface area contributed by atoms with E-state index in [1.54, 1.807) is 17.3 Å². The molecule has 1 atom stereocenters. The first kappa shape index (κ1) is 17.4. The summed E-state index contributed by atoms with van der Waals surface area (Å²) in [6.07, 6.45) is 4.45. The second kappa shape index (κ2) is 7.29. The van der Waals surface area contributed by atoms with E-state index in [-0.39, 0.29) is 11.9 Å². The highest BCUT2D eigenvalue weighted by atomic mass is 32.1. The highest BCUT2D eigenvalue weighted by Crippen LogP contribution is 2.30. The van der Waals surface area contributed by atoms with Gasteiger partial charge in [-0.2, -0.15) is 0 Å². The molecule has 27 heavy (non-hydrogen) atoms. The van der Waals surface area contributed by atoms with Crippen LogP contribution in [0.15, 0.2) is 79.1 Å². The molecule has 1 aliphatic heterocycles. The highest BCUT2D eigenvalue weighted by molar-refractivity contribution is 7.81. The van der Waals surface area contributed by atoms with Crippen molar-refractivity contribution in [3.63, 3.8) is 0 Å². The molecule has 0 saturated carbocycles. The minimum atomic E-state index is -0.330. The third-order valence-electron chi connectivity index (χ3n) is 4.75. The predicted octanol–water partition coefficient (Wildman–Crippen LogP) is 4.20. The number of nitrogens with zero attached hydrogens (tertiary/aromatic N) is 3. The number of thiocarbonyl (C=S) groups is 1. The van der Waals surface area contributed by atoms with E-state index in [0.717, 1.165) is 17.8 Å². The molecule has 134 valence electrons. The molecular weight excluding hydrogens is 354 g/mol. The number of benzene rings is 2. The first-order chi connectivity index (χ1) is 13.1. The Labute approximate surface area is 164 Å². The lowest BCUT2D eigenvalue weighted by atomic mass is 10.1. The molecule has 0 spiro atoms. The number of anilines is 2. The SMILES string of the molecule is CC1C(=O)N(c2ccccc2)C(=S)N1c1ccc(Cc2ccncc2)cc1. The van der Waals surface area contributed by atoms with E-state index in [2.05, 4.69) is 17.1 Å². The summed E-state index contributed by atoms with van der Waals surface area (Å²) in [7, 11) is 0. The van der Waals surface area contributed by atoms with Crippen molar-refractivity contribution in [2.45, 2.75) is 19.4 Å². The topological polar surface area (TPSA) is 36.4 Å². The van der Waals surface area contributed by atoms with Gasteiger partial charge in [0.05, 0.1) is 5.69 Å². The van der Waals surface area contributed by atoms with Crippen LogP contribution in [0.1, 0.15) is 18.1 Å². The van der Waals surface area contributed by atoms with Crippen LogP contribution >= 0.6 is 12.2 Å². The van der Waals surface area contributed by atoms with E-state index in [1.165, 1.54) is 11.1 Å². The van der Waals surface area contributed by atoms with E-state index in [0.29, 0.717) is 5.11 Å². The molecule has 3 aromatic rings. The van der Waals surface area contributed by atoms with Gasteiger partial charge in [0, 0.05) is 18.1 Å². The van der Waals surface area contributed by atoms with Crippen molar-refractivity contribution in [3.8, 4) is 0 Å². The van der Waals surface area contributed by atoms with Crippen LogP contribution in [0.25, 0.3) is 0 Å². The summed E-state index contributed by atoms with van der Waals surface area (Å²) in [6, 6.07) is 21.5. The average Bonchev–Trinajstić information content (AvgIpc) is 2.93. The maximum Gasteiger partial charge on any atom is 0.256 e. The molecule has 4 rings (SSSR count). The van der Waals surface area contributed by atoms with Crippen LogP contribution in [0.5, 0.6) is 0 Å². The molecule has 0 aliphatic carbocycles. The Morgan fingerprint density at radius 2 is 1.52 bits per heavy atom. The number of carbonyl (C=O) groups is 1. The quantitative estimate of drug-likeness (QED) is 0.642. The molecule has 1 saturated heterocycles. The van der Waals surface area contributed by atoms with Crippen LogP contribution in [-0.4, -0.2) is 22.0 Å². The molecule has 0 N–H and O–H groups in total. The first-order valence-electron chi connectivity index (χ1n) is 8.85. The van der Waals surface area contributed by atoms with E-state index in [4.69, 9.17) is 12.2 Å². The van der Waals surface area contributed by atoms with Gasteiger partial charge < -0.3 is 4.90 Å². The van der Waals surface area contributed by atoms with Gasteiger partial charge in [-0.25, -0.2) is 0 Å². The lowest BCUT2D eigenvalue weighted by Crippen LogP contribution is -2.33. The molecule has 2 heterocycles. The summed E-state index contributed by atoms with van der Waals surface area (Å²) in [6.45, 7) is 1.89. The summed E-state index contributed by atoms with van der Waals surface area (Å²) in [5, 5.41) is 0.514. The van der Waals surface area contributed by atoms with E-state index < -0.39 is 0 Å². The van der Waals surface area contributed by atoms with Crippen molar-refractivity contribution in [1.82, 2.24) is 4.98 Å². The number of hydrogen-bond donors (Lipinski definition) is 0. The second-order valence-electron chi connectivity index (χ2n) is 6.54. The van der Waals surface area contributed by atoms with Gasteiger partial charge in [0.25, 0.3) is 5.91 Å². The fourth-order valence-corrected chi connectivity index (χ4v) is 3.78. The van der Waals surface area contributed by atoms with Crippen molar-refractivity contribution >= 4 is 34.6 Å². The molecule has 1 fully saturated rings. The van der Waals surface area contributed by atoms with Crippen molar-refractivity contribution in [3.05, 3.63) is 90.3 Å². The Balaban J connectivity index is 1.58. The van der Waals surface area contributed by atoms with Gasteiger partial charge in [-0.05, 0) is 73.1 Å². The van der Waals surface area contributed by atoms with Crippen LogP contribution in [-0.2, 0) is 11.2 Å². The van der Waals surface area contributed by atoms with Crippen molar-refractivity contribution in [2.24, 2.45) is 0 Å². The lowest BCUT2D eigenvalue weighted by molar-refractivity contribution is -0.117. The molecule has 1 aliphatic rings. The van der Waals surface area contributed by atoms with Gasteiger partial charge in [0.2, 0.25) is 0 Å². The van der Waals surface area contributed by atoms with E-state index in [1.807, 2.05) is 66.4 Å². The smallest absolute Gasteiger partial charge is 0.256 e. The molecule has 2 aromatic carbocycles.